The number of nitrogens with zero attached hydrogens (tertiary/aromatic N) is 9. The molecule has 0 saturated heterocycles. The number of amides is 2. The van der Waals surface area contributed by atoms with E-state index in [1.807, 2.05) is 44.4 Å². The maximum Gasteiger partial charge on any atom is 0.510 e. The Morgan fingerprint density at radius 3 is 2.04 bits per heavy atom. The third kappa shape index (κ3) is 26.3. The Balaban J connectivity index is 0.555. The molecule has 0 unspecified atom stereocenters. The van der Waals surface area contributed by atoms with Gasteiger partial charge in [0.25, 0.3) is 11.5 Å². The number of carbonyl (C=O) groups excluding carboxylic acids is 6. The van der Waals surface area contributed by atoms with Crippen molar-refractivity contribution in [2.24, 2.45) is 11.7 Å². The van der Waals surface area contributed by atoms with Crippen LogP contribution in [-0.2, 0) is 131 Å². The van der Waals surface area contributed by atoms with Gasteiger partial charge in [-0.15, -0.1) is 16.4 Å². The number of carbonyl (C=O) groups is 6. The first-order valence-electron chi connectivity index (χ1n) is 37.3. The number of ketones is 2. The molecule has 2 aliphatic rings. The molecule has 112 heavy (non-hydrogen) atoms. The number of hydrogen-bond acceptors (Lipinski definition) is 30. The van der Waals surface area contributed by atoms with E-state index in [4.69, 9.17) is 67.6 Å². The number of benzene rings is 2. The average Bonchev–Trinajstić information content (AvgIpc) is 1.47. The van der Waals surface area contributed by atoms with Crippen LogP contribution in [0, 0.1) is 5.92 Å². The number of ether oxygens (including phenoxy) is 12. The number of anilines is 1. The van der Waals surface area contributed by atoms with Crippen LogP contribution < -0.4 is 21.9 Å². The molecule has 2 atom stereocenters. The number of rotatable bonds is 54. The number of aromatic nitrogens is 8. The lowest BCUT2D eigenvalue weighted by Gasteiger charge is -2.35. The molecule has 33 nitrogen and oxygen atoms in total. The van der Waals surface area contributed by atoms with Crippen molar-refractivity contribution >= 4 is 85.2 Å². The van der Waals surface area contributed by atoms with E-state index >= 15 is 0 Å². The lowest BCUT2D eigenvalue weighted by atomic mass is 9.85. The minimum Gasteiger partial charge on any atom is -0.457 e. The Morgan fingerprint density at radius 2 is 1.41 bits per heavy atom. The minimum atomic E-state index is -3.54. The van der Waals surface area contributed by atoms with E-state index in [1.165, 1.54) is 33.7 Å². The summed E-state index contributed by atoms with van der Waals surface area (Å²) in [7, 11) is -3.54. The second-order valence-corrected chi connectivity index (χ2v) is 30.0. The summed E-state index contributed by atoms with van der Waals surface area (Å²) >= 11 is 2.79. The SMILES string of the molecule is CC[C@@]1(OC(=O)OCc2ccc(NC(=O)[C@H](CCCCN)CC(=O)COCC(=O)CCCOCCOCCOCCOCCOCCOCCOCCOCCn3cc(CNC(=O)c4csc(-c5cnc(SC)nc5)n4)nn3)cc2)C(=O)OCc2c1cc1n(c2=O)Cc2c-1nc1ccccc1c2CCN(C(C)C)S(C)(=O)=O. The number of fused-ring (bicyclic) bond motifs is 5. The number of nitrogens with two attached hydrogens (primary N) is 1. The van der Waals surface area contributed by atoms with E-state index in [9.17, 15) is 42.0 Å². The first-order valence-corrected chi connectivity index (χ1v) is 41.2. The Labute approximate surface area is 658 Å². The van der Waals surface area contributed by atoms with Crippen molar-refractivity contribution in [3.8, 4) is 22.0 Å². The van der Waals surface area contributed by atoms with Crippen molar-refractivity contribution in [3.63, 3.8) is 0 Å². The molecule has 2 aliphatic heterocycles. The van der Waals surface area contributed by atoms with E-state index < -0.39 is 45.1 Å². The second kappa shape index (κ2) is 45.4. The predicted octanol–water partition coefficient (Wildman–Crippen LogP) is 6.65. The normalized spacial score (nSPS) is 14.1. The van der Waals surface area contributed by atoms with Crippen LogP contribution in [0.15, 0.2) is 88.5 Å². The van der Waals surface area contributed by atoms with Crippen LogP contribution in [0.1, 0.15) is 110 Å². The van der Waals surface area contributed by atoms with Gasteiger partial charge in [-0.3, -0.25) is 24.0 Å². The zero-order valence-electron chi connectivity index (χ0n) is 63.9. The summed E-state index contributed by atoms with van der Waals surface area (Å²) in [6, 6.07) is 15.3. The summed E-state index contributed by atoms with van der Waals surface area (Å²) in [6.07, 6.45) is 9.38. The van der Waals surface area contributed by atoms with Gasteiger partial charge >= 0.3 is 12.1 Å². The number of hydrogen-bond donors (Lipinski definition) is 3. The number of cyclic esters (lactones) is 1. The van der Waals surface area contributed by atoms with Crippen molar-refractivity contribution in [3.05, 3.63) is 128 Å². The molecule has 0 radical (unpaired) electrons. The molecule has 9 rings (SSSR count). The van der Waals surface area contributed by atoms with Gasteiger partial charge in [0.1, 0.15) is 42.8 Å². The predicted molar refractivity (Wildman–Crippen MR) is 413 cm³/mol. The van der Waals surface area contributed by atoms with Crippen LogP contribution in [0.2, 0.25) is 0 Å². The number of para-hydroxylation sites is 1. The molecule has 7 heterocycles. The number of thiazole rings is 1. The summed E-state index contributed by atoms with van der Waals surface area (Å²) in [5, 5.41) is 17.7. The fourth-order valence-corrected chi connectivity index (χ4v) is 14.7. The van der Waals surface area contributed by atoms with Gasteiger partial charge in [-0.05, 0) is 94.1 Å². The number of nitrogens with one attached hydrogen (secondary N) is 2. The van der Waals surface area contributed by atoms with Gasteiger partial charge < -0.3 is 77.8 Å². The maximum absolute atomic E-state index is 14.4. The smallest absolute Gasteiger partial charge is 0.457 e. The average molecular weight is 1610 g/mol. The van der Waals surface area contributed by atoms with Crippen molar-refractivity contribution in [2.75, 3.05) is 150 Å². The van der Waals surface area contributed by atoms with Gasteiger partial charge in [-0.2, -0.15) is 4.31 Å². The van der Waals surface area contributed by atoms with E-state index in [1.54, 1.807) is 70.5 Å². The minimum absolute atomic E-state index is 0.110. The Hall–Kier alpha value is -8.47. The van der Waals surface area contributed by atoms with Crippen LogP contribution >= 0.6 is 23.1 Å². The summed E-state index contributed by atoms with van der Waals surface area (Å²) < 4.78 is 97.2. The number of unbranched alkanes of at least 4 members (excludes halogenated alkanes) is 1. The molecule has 0 fully saturated rings. The van der Waals surface area contributed by atoms with E-state index in [0.29, 0.717) is 201 Å². The van der Waals surface area contributed by atoms with Crippen LogP contribution in [-0.4, -0.2) is 238 Å². The lowest BCUT2D eigenvalue weighted by Crippen LogP contribution is -2.47. The lowest BCUT2D eigenvalue weighted by molar-refractivity contribution is -0.175. The van der Waals surface area contributed by atoms with Gasteiger partial charge in [0.15, 0.2) is 16.7 Å². The topological polar surface area (TPSA) is 405 Å². The molecule has 5 aromatic heterocycles. The largest absolute Gasteiger partial charge is 0.510 e. The molecule has 0 bridgehead atoms. The van der Waals surface area contributed by atoms with Crippen molar-refractivity contribution < 1.29 is 94.0 Å². The third-order valence-electron chi connectivity index (χ3n) is 18.1. The van der Waals surface area contributed by atoms with E-state index in [0.717, 1.165) is 22.1 Å². The highest BCUT2D eigenvalue weighted by Crippen LogP contribution is 2.43. The highest BCUT2D eigenvalue weighted by molar-refractivity contribution is 7.98. The number of pyridine rings is 2. The zero-order chi connectivity index (χ0) is 79.7. The number of sulfonamides is 1. The van der Waals surface area contributed by atoms with Crippen LogP contribution in [0.25, 0.3) is 32.9 Å². The highest BCUT2D eigenvalue weighted by atomic mass is 32.2. The highest BCUT2D eigenvalue weighted by Gasteiger charge is 2.51. The van der Waals surface area contributed by atoms with Gasteiger partial charge in [-0.1, -0.05) is 60.7 Å². The number of esters is 1. The quantitative estimate of drug-likeness (QED) is 0.0155. The molecule has 0 aliphatic carbocycles. The van der Waals surface area contributed by atoms with Gasteiger partial charge in [0, 0.05) is 83.5 Å². The molecule has 36 heteroatoms. The van der Waals surface area contributed by atoms with Gasteiger partial charge in [-0.25, -0.2) is 42.6 Å². The van der Waals surface area contributed by atoms with Crippen molar-refractivity contribution in [2.45, 2.75) is 122 Å². The molecule has 4 N–H and O–H groups in total. The Bertz CT molecular complexity index is 4390. The van der Waals surface area contributed by atoms with E-state index in [-0.39, 0.29) is 100.0 Å². The molecule has 2 aromatic carbocycles. The molecule has 608 valence electrons. The maximum atomic E-state index is 14.4. The molecular weight excluding hydrogens is 1510 g/mol. The van der Waals surface area contributed by atoms with E-state index in [2.05, 4.69) is 35.9 Å². The van der Waals surface area contributed by atoms with Gasteiger partial charge in [0.05, 0.1) is 154 Å². The monoisotopic (exact) mass is 1610 g/mol. The summed E-state index contributed by atoms with van der Waals surface area (Å²) in [5.74, 6) is -2.85. The molecule has 2 amide bonds. The van der Waals surface area contributed by atoms with Crippen molar-refractivity contribution in [1.82, 2.24) is 49.1 Å². The van der Waals surface area contributed by atoms with Crippen LogP contribution in [0.3, 0.4) is 0 Å². The standard InChI is InChI=1S/C76H100N12O21S3/c1-6-76(64-41-67-68-62(46-87(67)72(93)63(64)50-107-73(76)94)60(61-14-7-8-15-65(61)82-68)20-22-88(52(2)3)112(5,96)97)109-75(95)108-47-53-16-18-56(19-17-53)81-69(91)54(12-9-10-21-77)40-59(90)49-106-48-58(89)13-11-24-98-26-28-100-30-32-102-34-36-104-38-39-105-37-35-103-33-31-101-29-27-99-25-23-86-45-57(84-85-86)44-78-70(92)66-51-111-71(83-66)55-42-79-74(110-4)80-43-55/h7-8,14-19,41-43,45,51-52,54H,6,9-13,20-40,44,46-50,77H2,1-5H3,(H,78,92)(H,81,91)/t54-,76+/m1/s1. The fourth-order valence-electron chi connectivity index (χ4n) is 12.4. The fraction of sp³-hybridized carbons (Fsp3) is 0.539. The number of Topliss-reactive ketones (excluding diaryl/α,β-unsaturated/α-hetero) is 2. The van der Waals surface area contributed by atoms with Crippen LogP contribution in [0.4, 0.5) is 10.5 Å². The molecule has 0 spiro atoms. The Morgan fingerprint density at radius 1 is 0.777 bits per heavy atom. The summed E-state index contributed by atoms with van der Waals surface area (Å²) in [6.45, 7) is 11.8. The second-order valence-electron chi connectivity index (χ2n) is 26.5. The molecule has 0 saturated carbocycles. The van der Waals surface area contributed by atoms with Crippen molar-refractivity contribution in [1.29, 1.82) is 0 Å². The molecular formula is C76H100N12O21S3. The third-order valence-corrected chi connectivity index (χ3v) is 21.0. The first-order chi connectivity index (χ1) is 54.3. The summed E-state index contributed by atoms with van der Waals surface area (Å²) in [5.41, 5.74) is 9.18. The Kier molecular flexibility index (Phi) is 35.5. The first kappa shape index (κ1) is 87.5. The molecule has 7 aromatic rings. The number of thioether (sulfide) groups is 1. The summed E-state index contributed by atoms with van der Waals surface area (Å²) in [4.78, 5) is 112. The van der Waals surface area contributed by atoms with Gasteiger partial charge in [0.2, 0.25) is 21.5 Å². The van der Waals surface area contributed by atoms with Crippen LogP contribution in [0.5, 0.6) is 0 Å². The zero-order valence-corrected chi connectivity index (χ0v) is 66.3.